The lowest BCUT2D eigenvalue weighted by Crippen LogP contribution is -2.05. The van der Waals surface area contributed by atoms with E-state index in [2.05, 4.69) is 0 Å². The number of sulfone groups is 2. The fourth-order valence-corrected chi connectivity index (χ4v) is 3.65. The van der Waals surface area contributed by atoms with Gasteiger partial charge in [0.1, 0.15) is 17.3 Å². The van der Waals surface area contributed by atoms with Gasteiger partial charge in [-0.25, -0.2) is 16.8 Å². The highest BCUT2D eigenvalue weighted by Crippen LogP contribution is 2.20. The Morgan fingerprint density at radius 2 is 1.43 bits per heavy atom. The summed E-state index contributed by atoms with van der Waals surface area (Å²) in [5, 5.41) is 0. The molecule has 0 amide bonds. The summed E-state index contributed by atoms with van der Waals surface area (Å²) >= 11 is 0. The van der Waals surface area contributed by atoms with Gasteiger partial charge < -0.3 is 10.2 Å². The van der Waals surface area contributed by atoms with E-state index in [4.69, 9.17) is 10.2 Å². The highest BCUT2D eigenvalue weighted by molar-refractivity contribution is 7.91. The van der Waals surface area contributed by atoms with Gasteiger partial charge in [-0.15, -0.1) is 0 Å². The lowest BCUT2D eigenvalue weighted by Gasteiger charge is -2.04. The second-order valence-corrected chi connectivity index (χ2v) is 8.58. The molecule has 1 aromatic heterocycles. The molecular weight excluding hydrogens is 314 g/mol. The Morgan fingerprint density at radius 1 is 0.905 bits per heavy atom. The summed E-state index contributed by atoms with van der Waals surface area (Å²) in [6.07, 6.45) is 1.06. The van der Waals surface area contributed by atoms with E-state index in [1.807, 2.05) is 0 Å². The molecule has 21 heavy (non-hydrogen) atoms. The lowest BCUT2D eigenvalue weighted by atomic mass is 10.4. The first-order valence-electron chi connectivity index (χ1n) is 6.03. The van der Waals surface area contributed by atoms with Crippen LogP contribution >= 0.6 is 0 Å². The molecule has 6 nitrogen and oxygen atoms in total. The summed E-state index contributed by atoms with van der Waals surface area (Å²) in [4.78, 5) is 0.116. The molecule has 1 aromatic carbocycles. The SMILES string of the molecule is CS(=O)(=O)c1ccc(S(=O)(=O)Cc2ccc(CN)o2)cc1. The van der Waals surface area contributed by atoms with Crippen molar-refractivity contribution in [2.24, 2.45) is 5.73 Å². The fourth-order valence-electron chi connectivity index (χ4n) is 1.77. The Bertz CT molecular complexity index is 833. The van der Waals surface area contributed by atoms with Crippen molar-refractivity contribution >= 4 is 19.7 Å². The van der Waals surface area contributed by atoms with Crippen molar-refractivity contribution in [2.75, 3.05) is 6.26 Å². The Hall–Kier alpha value is -1.64. The zero-order valence-electron chi connectivity index (χ0n) is 11.3. The van der Waals surface area contributed by atoms with Crippen molar-refractivity contribution in [1.82, 2.24) is 0 Å². The largest absolute Gasteiger partial charge is 0.464 e. The van der Waals surface area contributed by atoms with Gasteiger partial charge in [0.25, 0.3) is 0 Å². The maximum atomic E-state index is 12.2. The molecular formula is C13H15NO5S2. The summed E-state index contributed by atoms with van der Waals surface area (Å²) in [6.45, 7) is 0.198. The van der Waals surface area contributed by atoms with Gasteiger partial charge in [0, 0.05) is 6.26 Å². The van der Waals surface area contributed by atoms with E-state index in [1.165, 1.54) is 24.3 Å². The van der Waals surface area contributed by atoms with Crippen LogP contribution in [-0.2, 0) is 32.0 Å². The third kappa shape index (κ3) is 3.72. The zero-order chi connectivity index (χ0) is 15.7. The van der Waals surface area contributed by atoms with Gasteiger partial charge >= 0.3 is 0 Å². The fraction of sp³-hybridized carbons (Fsp3) is 0.231. The van der Waals surface area contributed by atoms with Gasteiger partial charge in [0.2, 0.25) is 0 Å². The van der Waals surface area contributed by atoms with E-state index in [0.29, 0.717) is 11.5 Å². The summed E-state index contributed by atoms with van der Waals surface area (Å²) in [6, 6.07) is 8.28. The average Bonchev–Trinajstić information content (AvgIpc) is 2.85. The van der Waals surface area contributed by atoms with Crippen LogP contribution in [0.5, 0.6) is 0 Å². The van der Waals surface area contributed by atoms with E-state index in [1.54, 1.807) is 12.1 Å². The van der Waals surface area contributed by atoms with E-state index in [-0.39, 0.29) is 22.1 Å². The lowest BCUT2D eigenvalue weighted by molar-refractivity contribution is 0.477. The van der Waals surface area contributed by atoms with Crippen LogP contribution in [0.2, 0.25) is 0 Å². The standard InChI is InChI=1S/C13H15NO5S2/c1-20(15,16)12-4-6-13(7-5-12)21(17,18)9-11-3-2-10(8-14)19-11/h2-7H,8-9,14H2,1H3. The van der Waals surface area contributed by atoms with E-state index < -0.39 is 19.7 Å². The number of furan rings is 1. The highest BCUT2D eigenvalue weighted by Gasteiger charge is 2.18. The summed E-state index contributed by atoms with van der Waals surface area (Å²) in [7, 11) is -6.95. The van der Waals surface area contributed by atoms with Crippen LogP contribution in [0.25, 0.3) is 0 Å². The first-order chi connectivity index (χ1) is 9.72. The molecule has 0 unspecified atom stereocenters. The third-order valence-electron chi connectivity index (χ3n) is 2.86. The summed E-state index contributed by atoms with van der Waals surface area (Å²) < 4.78 is 52.4. The maximum absolute atomic E-state index is 12.2. The Labute approximate surface area is 123 Å². The van der Waals surface area contributed by atoms with Crippen LogP contribution in [0.4, 0.5) is 0 Å². The van der Waals surface area contributed by atoms with Crippen LogP contribution in [0.15, 0.2) is 50.6 Å². The topological polar surface area (TPSA) is 107 Å². The second-order valence-electron chi connectivity index (χ2n) is 4.57. The smallest absolute Gasteiger partial charge is 0.185 e. The van der Waals surface area contributed by atoms with Crippen LogP contribution < -0.4 is 5.73 Å². The number of rotatable bonds is 5. The minimum absolute atomic E-state index is 0.0422. The molecule has 8 heteroatoms. The zero-order valence-corrected chi connectivity index (χ0v) is 12.9. The monoisotopic (exact) mass is 329 g/mol. The molecule has 0 bridgehead atoms. The third-order valence-corrected chi connectivity index (χ3v) is 5.65. The van der Waals surface area contributed by atoms with Crippen LogP contribution in [-0.4, -0.2) is 23.1 Å². The Balaban J connectivity index is 2.27. The molecule has 0 spiro atoms. The molecule has 0 aliphatic rings. The van der Waals surface area contributed by atoms with Crippen LogP contribution in [0.1, 0.15) is 11.5 Å². The number of hydrogen-bond donors (Lipinski definition) is 1. The van der Waals surface area contributed by atoms with E-state index >= 15 is 0 Å². The van der Waals surface area contributed by atoms with Crippen LogP contribution in [0.3, 0.4) is 0 Å². The Morgan fingerprint density at radius 3 is 1.90 bits per heavy atom. The minimum atomic E-state index is -3.60. The Kier molecular flexibility index (Phi) is 4.22. The number of benzene rings is 1. The molecule has 0 radical (unpaired) electrons. The molecule has 0 saturated carbocycles. The molecule has 2 N–H and O–H groups in total. The summed E-state index contributed by atoms with van der Waals surface area (Å²) in [5.74, 6) is 0.501. The number of hydrogen-bond acceptors (Lipinski definition) is 6. The van der Waals surface area contributed by atoms with Crippen LogP contribution in [0, 0.1) is 0 Å². The van der Waals surface area contributed by atoms with Gasteiger partial charge in [-0.3, -0.25) is 0 Å². The van der Waals surface area contributed by atoms with E-state index in [9.17, 15) is 16.8 Å². The molecule has 114 valence electrons. The van der Waals surface area contributed by atoms with Gasteiger partial charge in [-0.1, -0.05) is 0 Å². The number of nitrogens with two attached hydrogens (primary N) is 1. The quantitative estimate of drug-likeness (QED) is 0.880. The first-order valence-corrected chi connectivity index (χ1v) is 9.57. The van der Waals surface area contributed by atoms with Crippen molar-refractivity contribution in [3.8, 4) is 0 Å². The summed E-state index contributed by atoms with van der Waals surface area (Å²) in [5.41, 5.74) is 5.40. The van der Waals surface area contributed by atoms with Crippen molar-refractivity contribution in [3.05, 3.63) is 47.9 Å². The van der Waals surface area contributed by atoms with Gasteiger partial charge in [-0.2, -0.15) is 0 Å². The molecule has 2 rings (SSSR count). The first kappa shape index (κ1) is 15.7. The predicted octanol–water partition coefficient (Wildman–Crippen LogP) is 1.12. The van der Waals surface area contributed by atoms with Crippen molar-refractivity contribution < 1.29 is 21.3 Å². The van der Waals surface area contributed by atoms with Crippen molar-refractivity contribution in [2.45, 2.75) is 22.1 Å². The van der Waals surface area contributed by atoms with Gasteiger partial charge in [0.05, 0.1) is 16.3 Å². The molecule has 0 saturated heterocycles. The van der Waals surface area contributed by atoms with Gasteiger partial charge in [-0.05, 0) is 36.4 Å². The molecule has 0 aliphatic heterocycles. The second kappa shape index (κ2) is 5.63. The molecule has 0 atom stereocenters. The maximum Gasteiger partial charge on any atom is 0.185 e. The highest BCUT2D eigenvalue weighted by atomic mass is 32.2. The molecule has 0 aliphatic carbocycles. The molecule has 0 fully saturated rings. The minimum Gasteiger partial charge on any atom is -0.464 e. The van der Waals surface area contributed by atoms with E-state index in [0.717, 1.165) is 6.26 Å². The van der Waals surface area contributed by atoms with Crippen molar-refractivity contribution in [1.29, 1.82) is 0 Å². The predicted molar refractivity (Wildman–Crippen MR) is 77.0 cm³/mol. The normalized spacial score (nSPS) is 12.5. The van der Waals surface area contributed by atoms with Gasteiger partial charge in [0.15, 0.2) is 19.7 Å². The van der Waals surface area contributed by atoms with Crippen molar-refractivity contribution in [3.63, 3.8) is 0 Å². The molecule has 1 heterocycles. The average molecular weight is 329 g/mol. The molecule has 2 aromatic rings.